The first-order valence-corrected chi connectivity index (χ1v) is 11.6. The highest BCUT2D eigenvalue weighted by molar-refractivity contribution is 8.13. The lowest BCUT2D eigenvalue weighted by molar-refractivity contribution is -0.617. The topological polar surface area (TPSA) is 64.3 Å². The summed E-state index contributed by atoms with van der Waals surface area (Å²) in [6.45, 7) is 3.33. The van der Waals surface area contributed by atoms with Crippen molar-refractivity contribution >= 4 is 47.5 Å². The van der Waals surface area contributed by atoms with E-state index in [0.717, 1.165) is 21.8 Å². The quantitative estimate of drug-likeness (QED) is 0.154. The summed E-state index contributed by atoms with van der Waals surface area (Å²) in [6.07, 6.45) is 0. The third-order valence-electron chi connectivity index (χ3n) is 5.28. The summed E-state index contributed by atoms with van der Waals surface area (Å²) >= 11 is 0. The van der Waals surface area contributed by atoms with Crippen molar-refractivity contribution in [3.8, 4) is 5.75 Å². The molecule has 0 unspecified atom stereocenters. The van der Waals surface area contributed by atoms with E-state index in [0.29, 0.717) is 16.7 Å². The van der Waals surface area contributed by atoms with Crippen molar-refractivity contribution in [2.24, 2.45) is 7.05 Å². The Hall–Kier alpha value is -2.96. The Bertz CT molecular complexity index is 1390. The van der Waals surface area contributed by atoms with Gasteiger partial charge >= 0.3 is 5.97 Å². The monoisotopic (exact) mass is 440 g/mol. The Kier molecular flexibility index (Phi) is 5.00. The normalized spacial score (nSPS) is 11.7. The van der Waals surface area contributed by atoms with Crippen LogP contribution in [0.15, 0.2) is 65.6 Å². The number of aromatic nitrogens is 1. The summed E-state index contributed by atoms with van der Waals surface area (Å²) in [7, 11) is 3.52. The summed E-state index contributed by atoms with van der Waals surface area (Å²) in [5, 5.41) is 1.50. The second kappa shape index (κ2) is 7.38. The van der Waals surface area contributed by atoms with Crippen LogP contribution in [0.3, 0.4) is 0 Å². The Balaban J connectivity index is 1.95. The van der Waals surface area contributed by atoms with Crippen LogP contribution in [0.4, 0.5) is 0 Å². The molecule has 0 atom stereocenters. The van der Waals surface area contributed by atoms with Crippen LogP contribution in [-0.2, 0) is 16.1 Å². The molecule has 0 bridgehead atoms. The molecule has 3 aromatic carbocycles. The van der Waals surface area contributed by atoms with Crippen molar-refractivity contribution in [2.75, 3.05) is 0 Å². The van der Waals surface area contributed by atoms with E-state index in [4.69, 9.17) is 15.4 Å². The third kappa shape index (κ3) is 3.32. The van der Waals surface area contributed by atoms with Crippen LogP contribution in [0.25, 0.3) is 21.8 Å². The predicted octanol–water partition coefficient (Wildman–Crippen LogP) is 4.58. The molecule has 4 rings (SSSR count). The summed E-state index contributed by atoms with van der Waals surface area (Å²) in [5.41, 5.74) is 3.13. The minimum Gasteiger partial charge on any atom is -0.422 e. The SMILES string of the molecule is Cc1ccc(S(=O)(=O)Cl)c(C)c1OC(=O)c1c2ccccc2[n+](C)c2ccccc12. The zero-order chi connectivity index (χ0) is 21.6. The largest absolute Gasteiger partial charge is 0.422 e. The number of aryl methyl sites for hydroxylation is 2. The summed E-state index contributed by atoms with van der Waals surface area (Å²) in [5.74, 6) is -0.360. The standard InChI is InChI=1S/C23H19ClNO4S/c1-14-12-13-20(30(24,27)28)15(2)22(14)29-23(26)21-16-8-4-6-10-18(16)25(3)19-11-7-5-9-17(19)21/h4-13H,1-3H3/q+1. The summed E-state index contributed by atoms with van der Waals surface area (Å²) < 4.78 is 31.6. The number of rotatable bonds is 3. The van der Waals surface area contributed by atoms with Crippen molar-refractivity contribution in [1.82, 2.24) is 0 Å². The molecular weight excluding hydrogens is 422 g/mol. The Morgan fingerprint density at radius 2 is 1.43 bits per heavy atom. The number of pyridine rings is 1. The van der Waals surface area contributed by atoms with Gasteiger partial charge in [-0.05, 0) is 37.6 Å². The van der Waals surface area contributed by atoms with E-state index < -0.39 is 15.0 Å². The van der Waals surface area contributed by atoms with Crippen LogP contribution < -0.4 is 9.30 Å². The van der Waals surface area contributed by atoms with Crippen molar-refractivity contribution < 1.29 is 22.5 Å². The van der Waals surface area contributed by atoms with Crippen molar-refractivity contribution in [3.63, 3.8) is 0 Å². The molecular formula is C23H19ClNO4S+. The van der Waals surface area contributed by atoms with Gasteiger partial charge in [0.05, 0.1) is 21.2 Å². The molecule has 0 spiro atoms. The van der Waals surface area contributed by atoms with Gasteiger partial charge < -0.3 is 4.74 Å². The van der Waals surface area contributed by atoms with Crippen LogP contribution in [0.5, 0.6) is 5.75 Å². The maximum atomic E-state index is 13.4. The van der Waals surface area contributed by atoms with Crippen molar-refractivity contribution in [3.05, 3.63) is 77.4 Å². The van der Waals surface area contributed by atoms with Crippen molar-refractivity contribution in [2.45, 2.75) is 18.7 Å². The second-order valence-electron chi connectivity index (χ2n) is 7.13. The molecule has 0 saturated carbocycles. The fraction of sp³-hybridized carbons (Fsp3) is 0.130. The summed E-state index contributed by atoms with van der Waals surface area (Å²) in [4.78, 5) is 13.3. The molecule has 5 nitrogen and oxygen atoms in total. The first-order chi connectivity index (χ1) is 14.2. The maximum absolute atomic E-state index is 13.4. The molecule has 0 radical (unpaired) electrons. The maximum Gasteiger partial charge on any atom is 0.345 e. The highest BCUT2D eigenvalue weighted by Crippen LogP contribution is 2.33. The van der Waals surface area contributed by atoms with E-state index in [9.17, 15) is 13.2 Å². The average molecular weight is 441 g/mol. The fourth-order valence-corrected chi connectivity index (χ4v) is 5.01. The van der Waals surface area contributed by atoms with Crippen molar-refractivity contribution in [1.29, 1.82) is 0 Å². The molecule has 0 aliphatic heterocycles. The number of carbonyl (C=O) groups excluding carboxylic acids is 1. The molecule has 1 heterocycles. The number of benzene rings is 3. The van der Waals surface area contributed by atoms with E-state index in [1.54, 1.807) is 19.9 Å². The molecule has 0 N–H and O–H groups in total. The van der Waals surface area contributed by atoms with Gasteiger partial charge in [0.2, 0.25) is 11.0 Å². The molecule has 7 heteroatoms. The van der Waals surface area contributed by atoms with E-state index in [-0.39, 0.29) is 10.6 Å². The van der Waals surface area contributed by atoms with Gasteiger partial charge in [-0.25, -0.2) is 13.2 Å². The predicted molar refractivity (Wildman–Crippen MR) is 117 cm³/mol. The van der Waals surface area contributed by atoms with Gasteiger partial charge in [-0.3, -0.25) is 0 Å². The number of ether oxygens (including phenoxy) is 1. The lowest BCUT2D eigenvalue weighted by atomic mass is 10.0. The minimum absolute atomic E-state index is 0.0771. The van der Waals surface area contributed by atoms with E-state index >= 15 is 0 Å². The van der Waals surface area contributed by atoms with Gasteiger partial charge in [-0.1, -0.05) is 30.3 Å². The molecule has 0 saturated heterocycles. The molecule has 0 aliphatic carbocycles. The third-order valence-corrected chi connectivity index (χ3v) is 6.75. The number of fused-ring (bicyclic) bond motifs is 2. The zero-order valence-corrected chi connectivity index (χ0v) is 18.2. The van der Waals surface area contributed by atoms with E-state index in [1.165, 1.54) is 6.07 Å². The first-order valence-electron chi connectivity index (χ1n) is 9.26. The Labute approximate surface area is 178 Å². The highest BCUT2D eigenvalue weighted by Gasteiger charge is 2.26. The lowest BCUT2D eigenvalue weighted by Crippen LogP contribution is -2.31. The number of para-hydroxylation sites is 2. The first kappa shape index (κ1) is 20.3. The number of hydrogen-bond donors (Lipinski definition) is 0. The zero-order valence-electron chi connectivity index (χ0n) is 16.6. The molecule has 0 amide bonds. The molecule has 4 aromatic rings. The summed E-state index contributed by atoms with van der Waals surface area (Å²) in [6, 6.07) is 18.2. The molecule has 0 fully saturated rings. The smallest absolute Gasteiger partial charge is 0.345 e. The fourth-order valence-electron chi connectivity index (χ4n) is 3.82. The van der Waals surface area contributed by atoms with Crippen LogP contribution in [0.2, 0.25) is 0 Å². The van der Waals surface area contributed by atoms with Crippen LogP contribution in [-0.4, -0.2) is 14.4 Å². The van der Waals surface area contributed by atoms with Gasteiger partial charge in [0.1, 0.15) is 12.8 Å². The van der Waals surface area contributed by atoms with Crippen LogP contribution >= 0.6 is 10.7 Å². The molecule has 30 heavy (non-hydrogen) atoms. The highest BCUT2D eigenvalue weighted by atomic mass is 35.7. The molecule has 152 valence electrons. The molecule has 1 aromatic heterocycles. The molecule has 0 aliphatic rings. The van der Waals surface area contributed by atoms with Crippen LogP contribution in [0.1, 0.15) is 21.5 Å². The second-order valence-corrected chi connectivity index (χ2v) is 9.66. The Morgan fingerprint density at radius 3 is 1.97 bits per heavy atom. The van der Waals surface area contributed by atoms with Crippen LogP contribution in [0, 0.1) is 13.8 Å². The number of nitrogens with zero attached hydrogens (tertiary/aromatic N) is 1. The minimum atomic E-state index is -3.97. The number of esters is 1. The van der Waals surface area contributed by atoms with Gasteiger partial charge in [0, 0.05) is 28.4 Å². The van der Waals surface area contributed by atoms with E-state index in [1.807, 2.05) is 60.1 Å². The average Bonchev–Trinajstić information content (AvgIpc) is 2.70. The van der Waals surface area contributed by atoms with Gasteiger partial charge in [0.25, 0.3) is 9.05 Å². The van der Waals surface area contributed by atoms with Gasteiger partial charge in [-0.15, -0.1) is 0 Å². The van der Waals surface area contributed by atoms with E-state index in [2.05, 4.69) is 0 Å². The number of carbonyl (C=O) groups is 1. The number of hydrogen-bond acceptors (Lipinski definition) is 4. The lowest BCUT2D eigenvalue weighted by Gasteiger charge is -2.14. The van der Waals surface area contributed by atoms with Gasteiger partial charge in [-0.2, -0.15) is 4.57 Å². The van der Waals surface area contributed by atoms with Gasteiger partial charge in [0.15, 0.2) is 0 Å². The Morgan fingerprint density at radius 1 is 0.900 bits per heavy atom. The number of halogens is 1.